The number of aromatic nitrogens is 1. The number of ether oxygens (including phenoxy) is 1. The summed E-state index contributed by atoms with van der Waals surface area (Å²) in [5.41, 5.74) is 10.0. The number of hydrogen-bond donors (Lipinski definition) is 0. The average Bonchev–Trinajstić information content (AvgIpc) is 3.31. The highest BCUT2D eigenvalue weighted by molar-refractivity contribution is 6.13. The van der Waals surface area contributed by atoms with E-state index in [9.17, 15) is 0 Å². The average molecular weight is 490 g/mol. The molecule has 0 saturated heterocycles. The molecule has 3 aromatic carbocycles. The summed E-state index contributed by atoms with van der Waals surface area (Å²) in [5, 5.41) is 2.08. The molecule has 37 heavy (non-hydrogen) atoms. The van der Waals surface area contributed by atoms with Gasteiger partial charge in [-0.25, -0.2) is 0 Å². The summed E-state index contributed by atoms with van der Waals surface area (Å²) in [4.78, 5) is 4.80. The van der Waals surface area contributed by atoms with Crippen LogP contribution in [0.5, 0.6) is 5.75 Å². The molecule has 1 saturated carbocycles. The number of rotatable bonds is 5. The Morgan fingerprint density at radius 2 is 1.70 bits per heavy atom. The van der Waals surface area contributed by atoms with Crippen molar-refractivity contribution in [1.82, 2.24) is 4.98 Å². The van der Waals surface area contributed by atoms with E-state index in [1.54, 1.807) is 7.11 Å². The van der Waals surface area contributed by atoms with Crippen LogP contribution in [0.2, 0.25) is 0 Å². The number of benzene rings is 3. The van der Waals surface area contributed by atoms with Crippen LogP contribution in [0.4, 0.5) is 0 Å². The van der Waals surface area contributed by atoms with Crippen molar-refractivity contribution in [1.29, 1.82) is 0 Å². The molecule has 3 nitrogen and oxygen atoms in total. The molecule has 0 aliphatic heterocycles. The number of furan rings is 1. The quantitative estimate of drug-likeness (QED) is 0.246. The van der Waals surface area contributed by atoms with Gasteiger partial charge in [0.1, 0.15) is 16.9 Å². The lowest BCUT2D eigenvalue weighted by Gasteiger charge is -2.28. The topological polar surface area (TPSA) is 35.3 Å². The first-order chi connectivity index (χ1) is 18.0. The fourth-order valence-corrected chi connectivity index (χ4v) is 6.43. The van der Waals surface area contributed by atoms with Gasteiger partial charge in [-0.2, -0.15) is 0 Å². The number of methoxy groups -OCH3 is 1. The summed E-state index contributed by atoms with van der Waals surface area (Å²) < 4.78 is 12.4. The standard InChI is InChI=1S/C34H35NO2/c1-21-9-8-10-22(2)32(21)26-13-14-28-31(20-26)37-34-27(15-16-30(36-4)33(28)34)29-19-25(17-18-35-29)23(3)24-11-6-5-7-12-24/h8-10,13-20,23-24H,5-7,11-12H2,1-4H3. The van der Waals surface area contributed by atoms with Gasteiger partial charge in [0.05, 0.1) is 18.2 Å². The first kappa shape index (κ1) is 23.8. The Kier molecular flexibility index (Phi) is 6.24. The molecule has 2 heterocycles. The van der Waals surface area contributed by atoms with Gasteiger partial charge >= 0.3 is 0 Å². The molecule has 0 spiro atoms. The molecule has 0 bridgehead atoms. The van der Waals surface area contributed by atoms with Crippen molar-refractivity contribution in [2.75, 3.05) is 7.11 Å². The number of pyridine rings is 1. The molecule has 188 valence electrons. The van der Waals surface area contributed by atoms with Gasteiger partial charge in [0.15, 0.2) is 0 Å². The number of hydrogen-bond acceptors (Lipinski definition) is 3. The van der Waals surface area contributed by atoms with Crippen LogP contribution >= 0.6 is 0 Å². The molecule has 5 aromatic rings. The molecule has 1 aliphatic carbocycles. The lowest BCUT2D eigenvalue weighted by molar-refractivity contribution is 0.316. The molecule has 0 amide bonds. The molecule has 0 N–H and O–H groups in total. The minimum absolute atomic E-state index is 0.534. The largest absolute Gasteiger partial charge is 0.496 e. The third-order valence-electron chi connectivity index (χ3n) is 8.51. The third-order valence-corrected chi connectivity index (χ3v) is 8.51. The van der Waals surface area contributed by atoms with Crippen molar-refractivity contribution in [2.45, 2.75) is 58.8 Å². The lowest BCUT2D eigenvalue weighted by atomic mass is 9.78. The smallest absolute Gasteiger partial charge is 0.148 e. The van der Waals surface area contributed by atoms with Gasteiger partial charge < -0.3 is 9.15 Å². The monoisotopic (exact) mass is 489 g/mol. The zero-order chi connectivity index (χ0) is 25.5. The maximum atomic E-state index is 6.62. The third kappa shape index (κ3) is 4.21. The predicted molar refractivity (Wildman–Crippen MR) is 153 cm³/mol. The molecule has 1 unspecified atom stereocenters. The minimum atomic E-state index is 0.534. The lowest BCUT2D eigenvalue weighted by Crippen LogP contribution is -2.14. The number of aryl methyl sites for hydroxylation is 2. The van der Waals surface area contributed by atoms with Gasteiger partial charge in [0.25, 0.3) is 0 Å². The van der Waals surface area contributed by atoms with Gasteiger partial charge in [-0.1, -0.05) is 50.5 Å². The van der Waals surface area contributed by atoms with Crippen molar-refractivity contribution in [2.24, 2.45) is 5.92 Å². The Labute approximate surface area is 219 Å². The Morgan fingerprint density at radius 3 is 2.46 bits per heavy atom. The van der Waals surface area contributed by atoms with Crippen LogP contribution < -0.4 is 4.74 Å². The highest BCUT2D eigenvalue weighted by atomic mass is 16.5. The Hall–Kier alpha value is -3.59. The summed E-state index contributed by atoms with van der Waals surface area (Å²) in [5.74, 6) is 2.12. The van der Waals surface area contributed by atoms with Crippen LogP contribution in [0.1, 0.15) is 61.6 Å². The Balaban J connectivity index is 1.49. The van der Waals surface area contributed by atoms with E-state index >= 15 is 0 Å². The molecule has 3 heteroatoms. The van der Waals surface area contributed by atoms with Gasteiger partial charge in [0, 0.05) is 17.1 Å². The molecule has 1 atom stereocenters. The van der Waals surface area contributed by atoms with Crippen LogP contribution in [-0.4, -0.2) is 12.1 Å². The molecular weight excluding hydrogens is 454 g/mol. The second kappa shape index (κ2) is 9.70. The molecule has 2 aromatic heterocycles. The van der Waals surface area contributed by atoms with Gasteiger partial charge in [-0.05, 0) is 103 Å². The summed E-state index contributed by atoms with van der Waals surface area (Å²) in [7, 11) is 1.73. The van der Waals surface area contributed by atoms with Crippen LogP contribution in [0.3, 0.4) is 0 Å². The fourth-order valence-electron chi connectivity index (χ4n) is 6.43. The first-order valence-electron chi connectivity index (χ1n) is 13.6. The summed E-state index contributed by atoms with van der Waals surface area (Å²) >= 11 is 0. The van der Waals surface area contributed by atoms with Crippen LogP contribution in [0.25, 0.3) is 44.3 Å². The highest BCUT2D eigenvalue weighted by Gasteiger charge is 2.23. The predicted octanol–water partition coefficient (Wildman–Crippen LogP) is 9.62. The molecular formula is C34H35NO2. The van der Waals surface area contributed by atoms with Gasteiger partial charge in [-0.15, -0.1) is 0 Å². The Morgan fingerprint density at radius 1 is 0.919 bits per heavy atom. The van der Waals surface area contributed by atoms with E-state index in [0.29, 0.717) is 5.92 Å². The second-order valence-corrected chi connectivity index (χ2v) is 10.8. The second-order valence-electron chi connectivity index (χ2n) is 10.8. The maximum Gasteiger partial charge on any atom is 0.148 e. The molecule has 0 radical (unpaired) electrons. The first-order valence-corrected chi connectivity index (χ1v) is 13.6. The summed E-state index contributed by atoms with van der Waals surface area (Å²) in [6, 6.07) is 21.6. The van der Waals surface area contributed by atoms with Crippen molar-refractivity contribution in [3.8, 4) is 28.1 Å². The van der Waals surface area contributed by atoms with E-state index in [-0.39, 0.29) is 0 Å². The van der Waals surface area contributed by atoms with Crippen molar-refractivity contribution >= 4 is 21.9 Å². The van der Waals surface area contributed by atoms with E-state index in [0.717, 1.165) is 44.9 Å². The van der Waals surface area contributed by atoms with Crippen molar-refractivity contribution in [3.63, 3.8) is 0 Å². The number of fused-ring (bicyclic) bond motifs is 3. The van der Waals surface area contributed by atoms with Crippen molar-refractivity contribution < 1.29 is 9.15 Å². The van der Waals surface area contributed by atoms with E-state index in [1.165, 1.54) is 59.9 Å². The van der Waals surface area contributed by atoms with E-state index < -0.39 is 0 Å². The van der Waals surface area contributed by atoms with Crippen LogP contribution in [0, 0.1) is 19.8 Å². The molecule has 6 rings (SSSR count). The maximum absolute atomic E-state index is 6.62. The fraction of sp³-hybridized carbons (Fsp3) is 0.324. The minimum Gasteiger partial charge on any atom is -0.496 e. The van der Waals surface area contributed by atoms with Crippen LogP contribution in [0.15, 0.2) is 71.3 Å². The van der Waals surface area contributed by atoms with Crippen LogP contribution in [-0.2, 0) is 0 Å². The van der Waals surface area contributed by atoms with E-state index in [2.05, 4.69) is 75.4 Å². The zero-order valence-corrected chi connectivity index (χ0v) is 22.3. The Bertz CT molecular complexity index is 1570. The number of nitrogens with zero attached hydrogens (tertiary/aromatic N) is 1. The summed E-state index contributed by atoms with van der Waals surface area (Å²) in [6.07, 6.45) is 8.72. The molecule has 1 aliphatic rings. The van der Waals surface area contributed by atoms with E-state index in [1.807, 2.05) is 12.3 Å². The van der Waals surface area contributed by atoms with Gasteiger partial charge in [0.2, 0.25) is 0 Å². The zero-order valence-electron chi connectivity index (χ0n) is 22.3. The van der Waals surface area contributed by atoms with Crippen molar-refractivity contribution in [3.05, 3.63) is 83.6 Å². The van der Waals surface area contributed by atoms with Gasteiger partial charge in [-0.3, -0.25) is 4.98 Å². The highest BCUT2D eigenvalue weighted by Crippen LogP contribution is 2.43. The SMILES string of the molecule is COc1ccc(-c2cc(C(C)C3CCCCC3)ccn2)c2oc3cc(-c4c(C)cccc4C)ccc3c12. The summed E-state index contributed by atoms with van der Waals surface area (Å²) in [6.45, 7) is 6.72. The van der Waals surface area contributed by atoms with E-state index in [4.69, 9.17) is 14.1 Å². The normalized spacial score (nSPS) is 15.4. The molecule has 1 fully saturated rings.